The molecule has 1 heterocycles. The Labute approximate surface area is 227 Å². The van der Waals surface area contributed by atoms with E-state index in [-0.39, 0.29) is 24.7 Å². The van der Waals surface area contributed by atoms with E-state index >= 15 is 0 Å². The van der Waals surface area contributed by atoms with Gasteiger partial charge in [-0.3, -0.25) is 19.2 Å². The van der Waals surface area contributed by atoms with Crippen LogP contribution in [0.25, 0.3) is 10.9 Å². The van der Waals surface area contributed by atoms with E-state index in [4.69, 9.17) is 5.73 Å². The molecular formula is C27H39N5O7. The summed E-state index contributed by atoms with van der Waals surface area (Å²) < 4.78 is 0. The summed E-state index contributed by atoms with van der Waals surface area (Å²) in [5.74, 6) is -4.84. The van der Waals surface area contributed by atoms with Gasteiger partial charge in [-0.1, -0.05) is 45.9 Å². The molecule has 4 atom stereocenters. The van der Waals surface area contributed by atoms with Crippen molar-refractivity contribution in [2.75, 3.05) is 0 Å². The van der Waals surface area contributed by atoms with Gasteiger partial charge in [0.15, 0.2) is 0 Å². The number of benzene rings is 1. The standard InChI is InChI=1S/C27H39N5O7/c1-14(2)9-18(28)24(35)30-20(10-15(3)4)25(36)31-21(12-23(33)34)26(37)32-22(27(38)39)11-16-13-29-19-8-6-5-7-17(16)19/h5-8,13-15,18,20-22,29H,9-12,28H2,1-4H3,(H,30,35)(H,31,36)(H,32,37)(H,33,34)(H,38,39). The summed E-state index contributed by atoms with van der Waals surface area (Å²) in [6.45, 7) is 7.49. The van der Waals surface area contributed by atoms with Crippen molar-refractivity contribution in [3.8, 4) is 0 Å². The van der Waals surface area contributed by atoms with Crippen LogP contribution in [-0.2, 0) is 30.4 Å². The lowest BCUT2D eigenvalue weighted by Gasteiger charge is -2.25. The Balaban J connectivity index is 2.18. The van der Waals surface area contributed by atoms with Crippen molar-refractivity contribution in [1.82, 2.24) is 20.9 Å². The maximum absolute atomic E-state index is 13.1. The van der Waals surface area contributed by atoms with Crippen LogP contribution in [0.2, 0.25) is 0 Å². The molecule has 8 N–H and O–H groups in total. The fourth-order valence-electron chi connectivity index (χ4n) is 4.25. The molecule has 0 aliphatic rings. The van der Waals surface area contributed by atoms with E-state index in [0.29, 0.717) is 12.0 Å². The number of aliphatic carboxylic acids is 2. The van der Waals surface area contributed by atoms with E-state index in [0.717, 1.165) is 10.9 Å². The Kier molecular flexibility index (Phi) is 11.5. The largest absolute Gasteiger partial charge is 0.481 e. The zero-order chi connectivity index (χ0) is 29.3. The molecule has 2 aromatic rings. The van der Waals surface area contributed by atoms with Gasteiger partial charge in [0.1, 0.15) is 18.1 Å². The normalized spacial score (nSPS) is 14.4. The minimum atomic E-state index is -1.57. The molecule has 3 amide bonds. The molecule has 2 rings (SSSR count). The summed E-state index contributed by atoms with van der Waals surface area (Å²) in [7, 11) is 0. The van der Waals surface area contributed by atoms with Crippen molar-refractivity contribution in [2.24, 2.45) is 17.6 Å². The van der Waals surface area contributed by atoms with Crippen LogP contribution in [0.4, 0.5) is 0 Å². The van der Waals surface area contributed by atoms with Gasteiger partial charge in [-0.05, 0) is 36.3 Å². The highest BCUT2D eigenvalue weighted by Crippen LogP contribution is 2.19. The topological polar surface area (TPSA) is 204 Å². The van der Waals surface area contributed by atoms with Crippen LogP contribution in [0, 0.1) is 11.8 Å². The van der Waals surface area contributed by atoms with Gasteiger partial charge in [0.05, 0.1) is 12.5 Å². The number of aromatic nitrogens is 1. The summed E-state index contributed by atoms with van der Waals surface area (Å²) in [5.41, 5.74) is 7.39. The quantitative estimate of drug-likeness (QED) is 0.172. The van der Waals surface area contributed by atoms with Gasteiger partial charge in [-0.2, -0.15) is 0 Å². The number of aromatic amines is 1. The highest BCUT2D eigenvalue weighted by molar-refractivity contribution is 5.96. The molecule has 0 radical (unpaired) electrons. The third-order valence-corrected chi connectivity index (χ3v) is 6.13. The Morgan fingerprint density at radius 1 is 0.821 bits per heavy atom. The van der Waals surface area contributed by atoms with Crippen molar-refractivity contribution in [2.45, 2.75) is 77.5 Å². The third kappa shape index (κ3) is 9.71. The number of carbonyl (C=O) groups is 5. The van der Waals surface area contributed by atoms with Crippen LogP contribution < -0.4 is 21.7 Å². The molecule has 0 bridgehead atoms. The first kappa shape index (κ1) is 31.3. The second kappa shape index (κ2) is 14.3. The lowest BCUT2D eigenvalue weighted by molar-refractivity contribution is -0.143. The van der Waals surface area contributed by atoms with Crippen LogP contribution >= 0.6 is 0 Å². The van der Waals surface area contributed by atoms with Crippen LogP contribution in [-0.4, -0.2) is 69.0 Å². The van der Waals surface area contributed by atoms with Crippen molar-refractivity contribution in [1.29, 1.82) is 0 Å². The first-order valence-corrected chi connectivity index (χ1v) is 12.9. The maximum Gasteiger partial charge on any atom is 0.326 e. The van der Waals surface area contributed by atoms with E-state index in [1.807, 2.05) is 45.9 Å². The molecule has 214 valence electrons. The maximum atomic E-state index is 13.1. The number of H-pyrrole nitrogens is 1. The number of rotatable bonds is 15. The van der Waals surface area contributed by atoms with E-state index < -0.39 is 60.2 Å². The van der Waals surface area contributed by atoms with Gasteiger partial charge in [-0.15, -0.1) is 0 Å². The fraction of sp³-hybridized carbons (Fsp3) is 0.519. The second-order valence-corrected chi connectivity index (χ2v) is 10.5. The van der Waals surface area contributed by atoms with Gasteiger partial charge in [0, 0.05) is 23.5 Å². The summed E-state index contributed by atoms with van der Waals surface area (Å²) in [4.78, 5) is 65.3. The lowest BCUT2D eigenvalue weighted by Crippen LogP contribution is -2.58. The van der Waals surface area contributed by atoms with Gasteiger partial charge in [0.2, 0.25) is 17.7 Å². The molecule has 12 heteroatoms. The zero-order valence-corrected chi connectivity index (χ0v) is 22.7. The zero-order valence-electron chi connectivity index (χ0n) is 22.7. The lowest BCUT2D eigenvalue weighted by atomic mass is 10.00. The molecule has 1 aromatic heterocycles. The van der Waals surface area contributed by atoms with Crippen molar-refractivity contribution in [3.63, 3.8) is 0 Å². The number of hydrogen-bond acceptors (Lipinski definition) is 6. The smallest absolute Gasteiger partial charge is 0.326 e. The SMILES string of the molecule is CC(C)CC(N)C(=O)NC(CC(C)C)C(=O)NC(CC(=O)O)C(=O)NC(Cc1c[nH]c2ccccc12)C(=O)O. The number of para-hydroxylation sites is 1. The molecule has 0 aliphatic heterocycles. The van der Waals surface area contributed by atoms with Crippen LogP contribution in [0.1, 0.15) is 52.5 Å². The monoisotopic (exact) mass is 545 g/mol. The molecule has 0 saturated carbocycles. The molecule has 1 aromatic carbocycles. The molecular weight excluding hydrogens is 506 g/mol. The Hall–Kier alpha value is -3.93. The minimum absolute atomic E-state index is 0.0262. The van der Waals surface area contributed by atoms with E-state index in [2.05, 4.69) is 20.9 Å². The Morgan fingerprint density at radius 2 is 1.38 bits per heavy atom. The number of nitrogens with one attached hydrogen (secondary N) is 4. The number of carboxylic acid groups (broad SMARTS) is 2. The summed E-state index contributed by atoms with van der Waals surface area (Å²) in [6, 6.07) is 2.40. The Morgan fingerprint density at radius 3 is 1.97 bits per heavy atom. The summed E-state index contributed by atoms with van der Waals surface area (Å²) in [6.07, 6.45) is 1.40. The molecule has 0 aliphatic carbocycles. The summed E-state index contributed by atoms with van der Waals surface area (Å²) in [5, 5.41) is 27.2. The summed E-state index contributed by atoms with van der Waals surface area (Å²) >= 11 is 0. The number of nitrogens with two attached hydrogens (primary N) is 1. The third-order valence-electron chi connectivity index (χ3n) is 6.13. The van der Waals surface area contributed by atoms with Gasteiger partial charge >= 0.3 is 11.9 Å². The number of carbonyl (C=O) groups excluding carboxylic acids is 3. The van der Waals surface area contributed by atoms with Gasteiger partial charge in [0.25, 0.3) is 0 Å². The second-order valence-electron chi connectivity index (χ2n) is 10.5. The Bertz CT molecular complexity index is 1180. The molecule has 39 heavy (non-hydrogen) atoms. The van der Waals surface area contributed by atoms with Crippen LogP contribution in [0.15, 0.2) is 30.5 Å². The molecule has 4 unspecified atom stereocenters. The molecule has 0 fully saturated rings. The first-order valence-electron chi connectivity index (χ1n) is 12.9. The predicted octanol–water partition coefficient (Wildman–Crippen LogP) is 1.14. The number of fused-ring (bicyclic) bond motifs is 1. The van der Waals surface area contributed by atoms with E-state index in [1.54, 1.807) is 12.3 Å². The number of carboxylic acids is 2. The molecule has 0 spiro atoms. The highest BCUT2D eigenvalue weighted by atomic mass is 16.4. The van der Waals surface area contributed by atoms with Crippen molar-refractivity contribution in [3.05, 3.63) is 36.0 Å². The fourth-order valence-corrected chi connectivity index (χ4v) is 4.25. The van der Waals surface area contributed by atoms with Crippen molar-refractivity contribution < 1.29 is 34.2 Å². The van der Waals surface area contributed by atoms with Gasteiger partial charge < -0.3 is 36.9 Å². The number of hydrogen-bond donors (Lipinski definition) is 7. The van der Waals surface area contributed by atoms with E-state index in [9.17, 15) is 34.2 Å². The van der Waals surface area contributed by atoms with Crippen molar-refractivity contribution >= 4 is 40.6 Å². The first-order chi connectivity index (χ1) is 18.3. The number of amides is 3. The molecule has 12 nitrogen and oxygen atoms in total. The van der Waals surface area contributed by atoms with Gasteiger partial charge in [-0.25, -0.2) is 4.79 Å². The average Bonchev–Trinajstić information content (AvgIpc) is 3.24. The average molecular weight is 546 g/mol. The van der Waals surface area contributed by atoms with Crippen LogP contribution in [0.5, 0.6) is 0 Å². The highest BCUT2D eigenvalue weighted by Gasteiger charge is 2.32. The van der Waals surface area contributed by atoms with E-state index in [1.165, 1.54) is 0 Å². The molecule has 0 saturated heterocycles. The predicted molar refractivity (Wildman–Crippen MR) is 145 cm³/mol. The minimum Gasteiger partial charge on any atom is -0.481 e. The van der Waals surface area contributed by atoms with Crippen LogP contribution in [0.3, 0.4) is 0 Å².